The van der Waals surface area contributed by atoms with Gasteiger partial charge in [0.15, 0.2) is 5.76 Å². The summed E-state index contributed by atoms with van der Waals surface area (Å²) in [5.41, 5.74) is 1.56. The van der Waals surface area contributed by atoms with E-state index < -0.39 is 10.0 Å². The van der Waals surface area contributed by atoms with Gasteiger partial charge in [-0.05, 0) is 51.5 Å². The predicted octanol–water partition coefficient (Wildman–Crippen LogP) is 2.59. The third kappa shape index (κ3) is 4.14. The molecule has 0 spiro atoms. The Morgan fingerprint density at radius 3 is 2.57 bits per heavy atom. The first kappa shape index (κ1) is 21.7. The maximum absolute atomic E-state index is 12.9. The van der Waals surface area contributed by atoms with E-state index in [1.807, 2.05) is 6.92 Å². The van der Waals surface area contributed by atoms with Gasteiger partial charge in [-0.2, -0.15) is 9.78 Å². The second kappa shape index (κ2) is 8.41. The third-order valence-electron chi connectivity index (χ3n) is 4.73. The lowest BCUT2D eigenvalue weighted by Crippen LogP contribution is -2.32. The Hall–Kier alpha value is -2.98. The van der Waals surface area contributed by atoms with E-state index in [0.717, 1.165) is 0 Å². The lowest BCUT2D eigenvalue weighted by Gasteiger charge is -2.15. The van der Waals surface area contributed by atoms with Crippen LogP contribution in [0.3, 0.4) is 0 Å². The minimum Gasteiger partial charge on any atom is -0.495 e. The molecule has 0 saturated heterocycles. The summed E-state index contributed by atoms with van der Waals surface area (Å²) in [6.45, 7) is 7.08. The van der Waals surface area contributed by atoms with Gasteiger partial charge in [-0.1, -0.05) is 12.1 Å². The lowest BCUT2D eigenvalue weighted by atomic mass is 10.1. The number of aryl methyl sites for hydroxylation is 2. The predicted molar refractivity (Wildman–Crippen MR) is 111 cm³/mol. The van der Waals surface area contributed by atoms with Gasteiger partial charge < -0.3 is 9.26 Å². The minimum absolute atomic E-state index is 0.000288. The second-order valence-corrected chi connectivity index (χ2v) is 8.62. The Morgan fingerprint density at radius 1 is 1.23 bits per heavy atom. The third-order valence-corrected chi connectivity index (χ3v) is 6.34. The number of nitrogens with zero attached hydrogens (tertiary/aromatic N) is 3. The van der Waals surface area contributed by atoms with Crippen molar-refractivity contribution in [3.63, 3.8) is 0 Å². The highest BCUT2D eigenvalue weighted by Gasteiger charge is 2.23. The molecule has 160 valence electrons. The molecule has 1 atom stereocenters. The summed E-state index contributed by atoms with van der Waals surface area (Å²) in [7, 11) is -2.41. The van der Waals surface area contributed by atoms with Crippen molar-refractivity contribution in [3.8, 4) is 22.7 Å². The van der Waals surface area contributed by atoms with Crippen LogP contribution in [0.25, 0.3) is 16.9 Å². The van der Waals surface area contributed by atoms with Gasteiger partial charge in [0, 0.05) is 17.7 Å². The molecular formula is C20H24N4O5S. The van der Waals surface area contributed by atoms with E-state index in [0.29, 0.717) is 34.8 Å². The largest absolute Gasteiger partial charge is 0.495 e. The molecule has 10 heteroatoms. The Morgan fingerprint density at radius 2 is 1.97 bits per heavy atom. The van der Waals surface area contributed by atoms with Crippen LogP contribution in [0.4, 0.5) is 0 Å². The number of sulfonamides is 1. The van der Waals surface area contributed by atoms with Gasteiger partial charge in [0.2, 0.25) is 10.0 Å². The minimum atomic E-state index is -3.82. The van der Waals surface area contributed by atoms with Crippen molar-refractivity contribution in [1.82, 2.24) is 19.7 Å². The second-order valence-electron chi connectivity index (χ2n) is 6.94. The van der Waals surface area contributed by atoms with E-state index in [4.69, 9.17) is 9.26 Å². The van der Waals surface area contributed by atoms with Crippen molar-refractivity contribution in [2.45, 2.75) is 45.1 Å². The van der Waals surface area contributed by atoms with Gasteiger partial charge in [-0.3, -0.25) is 4.79 Å². The summed E-state index contributed by atoms with van der Waals surface area (Å²) >= 11 is 0. The van der Waals surface area contributed by atoms with E-state index in [1.165, 1.54) is 30.0 Å². The summed E-state index contributed by atoms with van der Waals surface area (Å²) in [5.74, 6) is 0.670. The molecule has 0 fully saturated rings. The quantitative estimate of drug-likeness (QED) is 0.610. The Balaban J connectivity index is 2.14. The van der Waals surface area contributed by atoms with Crippen LogP contribution in [0, 0.1) is 13.8 Å². The van der Waals surface area contributed by atoms with Crippen LogP contribution in [-0.4, -0.2) is 36.5 Å². The van der Waals surface area contributed by atoms with Crippen LogP contribution in [0.2, 0.25) is 0 Å². The molecule has 0 unspecified atom stereocenters. The first-order valence-corrected chi connectivity index (χ1v) is 10.9. The van der Waals surface area contributed by atoms with Crippen LogP contribution in [0.1, 0.15) is 31.7 Å². The van der Waals surface area contributed by atoms with Crippen LogP contribution >= 0.6 is 0 Å². The number of rotatable bonds is 7. The molecule has 0 aliphatic rings. The normalized spacial score (nSPS) is 12.7. The average Bonchev–Trinajstić information content (AvgIpc) is 3.05. The number of hydrogen-bond acceptors (Lipinski definition) is 7. The molecule has 30 heavy (non-hydrogen) atoms. The van der Waals surface area contributed by atoms with Crippen molar-refractivity contribution in [2.24, 2.45) is 0 Å². The molecule has 0 radical (unpaired) electrons. The van der Waals surface area contributed by atoms with E-state index in [-0.39, 0.29) is 22.2 Å². The molecule has 0 amide bonds. The Bertz CT molecular complexity index is 1210. The molecule has 0 aliphatic heterocycles. The highest BCUT2D eigenvalue weighted by Crippen LogP contribution is 2.29. The summed E-state index contributed by atoms with van der Waals surface area (Å²) in [6, 6.07) is 7.40. The fraction of sp³-hybridized carbons (Fsp3) is 0.350. The van der Waals surface area contributed by atoms with Crippen molar-refractivity contribution >= 4 is 10.0 Å². The zero-order valence-electron chi connectivity index (χ0n) is 17.5. The number of nitrogens with one attached hydrogen (secondary N) is 1. The molecular weight excluding hydrogens is 408 g/mol. The molecule has 1 aromatic carbocycles. The number of methoxy groups -OCH3 is 1. The van der Waals surface area contributed by atoms with E-state index in [9.17, 15) is 13.2 Å². The fourth-order valence-electron chi connectivity index (χ4n) is 2.96. The summed E-state index contributed by atoms with van der Waals surface area (Å²) < 4.78 is 40.0. The zero-order chi connectivity index (χ0) is 22.1. The highest BCUT2D eigenvalue weighted by molar-refractivity contribution is 7.89. The summed E-state index contributed by atoms with van der Waals surface area (Å²) in [6.07, 6.45) is 0.644. The van der Waals surface area contributed by atoms with Crippen LogP contribution in [0.15, 0.2) is 44.5 Å². The number of ether oxygens (including phenoxy) is 1. The molecule has 3 aromatic rings. The molecule has 0 saturated carbocycles. The summed E-state index contributed by atoms with van der Waals surface area (Å²) in [4.78, 5) is 12.4. The standard InChI is InChI=1S/C20H24N4O5S/c1-6-12(2)23-30(26,27)18-11-15(7-9-17(18)28-5)16-8-10-19(25)24(21-16)20-13(3)22-29-14(20)4/h7-12,23H,6H2,1-5H3/t12-/m0/s1. The zero-order valence-corrected chi connectivity index (χ0v) is 18.3. The fourth-order valence-corrected chi connectivity index (χ4v) is 4.49. The van der Waals surface area contributed by atoms with Gasteiger partial charge >= 0.3 is 0 Å². The van der Waals surface area contributed by atoms with Gasteiger partial charge in [0.25, 0.3) is 5.56 Å². The molecule has 9 nitrogen and oxygen atoms in total. The van der Waals surface area contributed by atoms with Crippen molar-refractivity contribution in [1.29, 1.82) is 0 Å². The maximum Gasteiger partial charge on any atom is 0.271 e. The monoisotopic (exact) mass is 432 g/mol. The first-order chi connectivity index (χ1) is 14.2. The molecule has 2 heterocycles. The number of aromatic nitrogens is 3. The topological polar surface area (TPSA) is 116 Å². The van der Waals surface area contributed by atoms with Crippen LogP contribution in [-0.2, 0) is 10.0 Å². The SMILES string of the molecule is CC[C@H](C)NS(=O)(=O)c1cc(-c2ccc(=O)n(-c3c(C)noc3C)n2)ccc1OC. The average molecular weight is 433 g/mol. The molecule has 0 bridgehead atoms. The van der Waals surface area contributed by atoms with Crippen molar-refractivity contribution in [3.05, 3.63) is 52.1 Å². The smallest absolute Gasteiger partial charge is 0.271 e. The van der Waals surface area contributed by atoms with Gasteiger partial charge in [-0.25, -0.2) is 13.1 Å². The van der Waals surface area contributed by atoms with E-state index in [1.54, 1.807) is 32.9 Å². The van der Waals surface area contributed by atoms with E-state index >= 15 is 0 Å². The number of benzene rings is 1. The molecule has 2 aromatic heterocycles. The molecule has 1 N–H and O–H groups in total. The Kier molecular flexibility index (Phi) is 6.09. The number of hydrogen-bond donors (Lipinski definition) is 1. The van der Waals surface area contributed by atoms with Gasteiger partial charge in [0.05, 0.1) is 12.8 Å². The molecule has 0 aliphatic carbocycles. The highest BCUT2D eigenvalue weighted by atomic mass is 32.2. The van der Waals surface area contributed by atoms with E-state index in [2.05, 4.69) is 15.0 Å². The first-order valence-electron chi connectivity index (χ1n) is 9.42. The van der Waals surface area contributed by atoms with Gasteiger partial charge in [0.1, 0.15) is 22.0 Å². The Labute approximate surface area is 174 Å². The van der Waals surface area contributed by atoms with Crippen molar-refractivity contribution < 1.29 is 17.7 Å². The van der Waals surface area contributed by atoms with Crippen molar-refractivity contribution in [2.75, 3.05) is 7.11 Å². The van der Waals surface area contributed by atoms with Crippen LogP contribution in [0.5, 0.6) is 5.75 Å². The van der Waals surface area contributed by atoms with Crippen LogP contribution < -0.4 is 15.0 Å². The maximum atomic E-state index is 12.9. The molecule has 3 rings (SSSR count). The van der Waals surface area contributed by atoms with Gasteiger partial charge in [-0.15, -0.1) is 0 Å². The lowest BCUT2D eigenvalue weighted by molar-refractivity contribution is 0.392. The summed E-state index contributed by atoms with van der Waals surface area (Å²) in [5, 5.41) is 8.27.